The third-order valence-corrected chi connectivity index (χ3v) is 10.4. The van der Waals surface area contributed by atoms with Crippen molar-refractivity contribution in [1.29, 1.82) is 0 Å². The first kappa shape index (κ1) is 27.8. The number of aromatic nitrogens is 2. The lowest BCUT2D eigenvalue weighted by Gasteiger charge is -2.37. The molecular formula is C26H28F5N3O3SSi. The first-order valence-corrected chi connectivity index (χ1v) is 17.7. The van der Waals surface area contributed by atoms with Gasteiger partial charge in [0.2, 0.25) is 0 Å². The van der Waals surface area contributed by atoms with Crippen molar-refractivity contribution in [2.75, 3.05) is 10.9 Å². The second kappa shape index (κ2) is 9.70. The van der Waals surface area contributed by atoms with Gasteiger partial charge in [-0.15, -0.1) is 0 Å². The van der Waals surface area contributed by atoms with Crippen molar-refractivity contribution in [2.24, 2.45) is 5.92 Å². The molecule has 13 heteroatoms. The molecule has 0 spiro atoms. The zero-order chi connectivity index (χ0) is 28.3. The fourth-order valence-corrected chi connectivity index (χ4v) is 7.17. The lowest BCUT2D eigenvalue weighted by atomic mass is 9.93. The Labute approximate surface area is 224 Å². The lowest BCUT2D eigenvalue weighted by Crippen LogP contribution is -2.38. The van der Waals surface area contributed by atoms with Gasteiger partial charge in [-0.1, -0.05) is 19.6 Å². The maximum absolute atomic E-state index is 14.5. The quantitative estimate of drug-likeness (QED) is 0.165. The average Bonchev–Trinajstić information content (AvgIpc) is 3.59. The van der Waals surface area contributed by atoms with Gasteiger partial charge in [0.15, 0.2) is 11.6 Å². The smallest absolute Gasteiger partial charge is 0.360 e. The molecule has 1 fully saturated rings. The summed E-state index contributed by atoms with van der Waals surface area (Å²) in [6.45, 7) is 7.29. The van der Waals surface area contributed by atoms with Crippen molar-refractivity contribution in [2.45, 2.75) is 62.4 Å². The first-order valence-electron chi connectivity index (χ1n) is 12.5. The Morgan fingerprint density at radius 3 is 2.28 bits per heavy atom. The second-order valence-electron chi connectivity index (χ2n) is 11.2. The van der Waals surface area contributed by atoms with Gasteiger partial charge < -0.3 is 4.74 Å². The summed E-state index contributed by atoms with van der Waals surface area (Å²) in [7, 11) is -5.80. The molecule has 0 bridgehead atoms. The highest BCUT2D eigenvalue weighted by Crippen LogP contribution is 2.55. The van der Waals surface area contributed by atoms with Crippen LogP contribution in [0.5, 0.6) is 0 Å². The zero-order valence-corrected chi connectivity index (χ0v) is 23.4. The number of hydrogen-bond acceptors (Lipinski definition) is 4. The van der Waals surface area contributed by atoms with Crippen LogP contribution in [0.2, 0.25) is 25.7 Å². The molecule has 1 saturated carbocycles. The van der Waals surface area contributed by atoms with Crippen molar-refractivity contribution in [1.82, 2.24) is 9.78 Å². The summed E-state index contributed by atoms with van der Waals surface area (Å²) in [4.78, 5) is -0.387. The molecule has 2 aliphatic rings. The number of hydrogen-bond donors (Lipinski definition) is 0. The number of anilines is 1. The molecule has 1 atom stereocenters. The van der Waals surface area contributed by atoms with Crippen LogP contribution in [-0.2, 0) is 27.7 Å². The normalized spacial score (nSPS) is 17.7. The van der Waals surface area contributed by atoms with Crippen LogP contribution in [0.15, 0.2) is 47.5 Å². The van der Waals surface area contributed by atoms with Crippen LogP contribution < -0.4 is 4.31 Å². The Bertz CT molecular complexity index is 1500. The third-order valence-electron chi connectivity index (χ3n) is 6.92. The van der Waals surface area contributed by atoms with Crippen LogP contribution >= 0.6 is 0 Å². The molecule has 3 aromatic rings. The van der Waals surface area contributed by atoms with E-state index in [4.69, 9.17) is 4.74 Å². The molecule has 210 valence electrons. The van der Waals surface area contributed by atoms with E-state index >= 15 is 0 Å². The minimum Gasteiger partial charge on any atom is -0.360 e. The molecule has 1 aliphatic heterocycles. The topological polar surface area (TPSA) is 64.4 Å². The SMILES string of the molecule is C[Si](C)(C)CCOCn1cc2c(n1)-c1cc(F)c(F)cc1N(S(=O)(=O)c1ccc(C(F)(F)F)cc1)C2C1CC1. The van der Waals surface area contributed by atoms with Gasteiger partial charge in [0, 0.05) is 38.1 Å². The monoisotopic (exact) mass is 585 g/mol. The van der Waals surface area contributed by atoms with E-state index in [-0.39, 0.29) is 28.8 Å². The molecule has 0 amide bonds. The maximum Gasteiger partial charge on any atom is 0.416 e. The van der Waals surface area contributed by atoms with E-state index in [0.717, 1.165) is 34.6 Å². The number of halogens is 5. The van der Waals surface area contributed by atoms with Crippen LogP contribution in [-0.4, -0.2) is 32.9 Å². The van der Waals surface area contributed by atoms with Crippen LogP contribution in [0.4, 0.5) is 27.6 Å². The van der Waals surface area contributed by atoms with Gasteiger partial charge in [0.05, 0.1) is 27.9 Å². The lowest BCUT2D eigenvalue weighted by molar-refractivity contribution is -0.137. The van der Waals surface area contributed by atoms with E-state index in [9.17, 15) is 30.4 Å². The van der Waals surface area contributed by atoms with Gasteiger partial charge in [-0.2, -0.15) is 18.3 Å². The van der Waals surface area contributed by atoms with Crippen molar-refractivity contribution in [3.63, 3.8) is 0 Å². The fourth-order valence-electron chi connectivity index (χ4n) is 4.72. The molecular weight excluding hydrogens is 557 g/mol. The number of sulfonamides is 1. The molecule has 1 aliphatic carbocycles. The van der Waals surface area contributed by atoms with E-state index in [1.807, 2.05) is 0 Å². The second-order valence-corrected chi connectivity index (χ2v) is 18.6. The minimum absolute atomic E-state index is 0.0807. The van der Waals surface area contributed by atoms with E-state index in [0.29, 0.717) is 42.8 Å². The third kappa shape index (κ3) is 5.48. The summed E-state index contributed by atoms with van der Waals surface area (Å²) >= 11 is 0. The molecule has 39 heavy (non-hydrogen) atoms. The molecule has 2 aromatic carbocycles. The average molecular weight is 586 g/mol. The molecule has 1 unspecified atom stereocenters. The summed E-state index contributed by atoms with van der Waals surface area (Å²) in [5, 5.41) is 4.55. The highest BCUT2D eigenvalue weighted by Gasteiger charge is 2.48. The van der Waals surface area contributed by atoms with Gasteiger partial charge in [-0.05, 0) is 55.1 Å². The molecule has 0 saturated heterocycles. The number of nitrogens with zero attached hydrogens (tertiary/aromatic N) is 3. The highest BCUT2D eigenvalue weighted by atomic mass is 32.2. The standard InChI is InChI=1S/C26H28F5N3O3SSi/c1-39(2,3)11-10-37-15-33-14-20-24(32-33)19-12-21(27)22(28)13-23(19)34(25(20)16-4-5-16)38(35,36)18-8-6-17(7-9-18)26(29,30)31/h6-9,12-14,16,25H,4-5,10-11,15H2,1-3H3. The Kier molecular flexibility index (Phi) is 6.91. The molecule has 0 radical (unpaired) electrons. The van der Waals surface area contributed by atoms with Gasteiger partial charge in [0.25, 0.3) is 10.0 Å². The molecule has 2 heterocycles. The Balaban J connectivity index is 1.58. The minimum atomic E-state index is -4.64. The van der Waals surface area contributed by atoms with Gasteiger partial charge in [-0.25, -0.2) is 21.9 Å². The summed E-state index contributed by atoms with van der Waals surface area (Å²) in [6, 6.07) is 5.01. The van der Waals surface area contributed by atoms with Crippen LogP contribution in [0, 0.1) is 17.6 Å². The first-order chi connectivity index (χ1) is 18.2. The largest absolute Gasteiger partial charge is 0.416 e. The Morgan fingerprint density at radius 2 is 1.69 bits per heavy atom. The number of fused-ring (bicyclic) bond motifs is 3. The maximum atomic E-state index is 14.5. The van der Waals surface area contributed by atoms with Crippen LogP contribution in [0.3, 0.4) is 0 Å². The summed E-state index contributed by atoms with van der Waals surface area (Å²) in [5.41, 5.74) is -0.181. The molecule has 1 aromatic heterocycles. The number of benzene rings is 2. The highest BCUT2D eigenvalue weighted by molar-refractivity contribution is 7.92. The molecule has 6 nitrogen and oxygen atoms in total. The van der Waals surface area contributed by atoms with E-state index in [1.165, 1.54) is 4.68 Å². The fraction of sp³-hybridized carbons (Fsp3) is 0.423. The summed E-state index contributed by atoms with van der Waals surface area (Å²) < 4.78 is 105. The van der Waals surface area contributed by atoms with E-state index in [1.54, 1.807) is 6.20 Å². The van der Waals surface area contributed by atoms with E-state index in [2.05, 4.69) is 24.7 Å². The number of rotatable bonds is 8. The predicted molar refractivity (Wildman–Crippen MR) is 138 cm³/mol. The van der Waals surface area contributed by atoms with Gasteiger partial charge in [-0.3, -0.25) is 4.31 Å². The Hall–Kier alpha value is -2.77. The molecule has 0 N–H and O–H groups in total. The molecule has 5 rings (SSSR count). The van der Waals surface area contributed by atoms with E-state index < -0.39 is 47.5 Å². The van der Waals surface area contributed by atoms with Crippen molar-refractivity contribution in [3.05, 3.63) is 65.4 Å². The van der Waals surface area contributed by atoms with Crippen molar-refractivity contribution < 1.29 is 35.1 Å². The summed E-state index contributed by atoms with van der Waals surface area (Å²) in [6.07, 6.45) is -1.59. The number of ether oxygens (including phenoxy) is 1. The van der Waals surface area contributed by atoms with Crippen molar-refractivity contribution in [3.8, 4) is 11.3 Å². The number of alkyl halides is 3. The zero-order valence-electron chi connectivity index (χ0n) is 21.6. The van der Waals surface area contributed by atoms with Gasteiger partial charge in [0.1, 0.15) is 6.73 Å². The van der Waals surface area contributed by atoms with Crippen molar-refractivity contribution >= 4 is 23.8 Å². The van der Waals surface area contributed by atoms with Gasteiger partial charge >= 0.3 is 6.18 Å². The van der Waals surface area contributed by atoms with Crippen LogP contribution in [0.25, 0.3) is 11.3 Å². The summed E-state index contributed by atoms with van der Waals surface area (Å²) in [5.74, 6) is -2.54. The predicted octanol–water partition coefficient (Wildman–Crippen LogP) is 6.82. The Morgan fingerprint density at radius 1 is 1.05 bits per heavy atom. The van der Waals surface area contributed by atoms with Crippen LogP contribution in [0.1, 0.15) is 30.0 Å².